The Balaban J connectivity index is 0.000000156. The lowest BCUT2D eigenvalue weighted by molar-refractivity contribution is -0.385. The molecular formula is C47H37BrN6O6S3. The Kier molecular flexibility index (Phi) is 13.8. The van der Waals surface area contributed by atoms with E-state index in [-0.39, 0.29) is 16.3 Å². The van der Waals surface area contributed by atoms with Crippen LogP contribution < -0.4 is 15.5 Å². The zero-order valence-corrected chi connectivity index (χ0v) is 37.6. The molecule has 0 amide bonds. The number of fused-ring (bicyclic) bond motifs is 4. The summed E-state index contributed by atoms with van der Waals surface area (Å²) in [5, 5.41) is 32.1. The minimum Gasteiger partial charge on any atom is -0.354 e. The van der Waals surface area contributed by atoms with Crippen molar-refractivity contribution < 1.29 is 18.3 Å². The number of hydrazone groups is 1. The van der Waals surface area contributed by atoms with Gasteiger partial charge in [0.15, 0.2) is 0 Å². The first-order chi connectivity index (χ1) is 30.2. The van der Waals surface area contributed by atoms with Crippen molar-refractivity contribution >= 4 is 94.9 Å². The summed E-state index contributed by atoms with van der Waals surface area (Å²) in [6.45, 7) is 7.82. The molecule has 16 heteroatoms. The Bertz CT molecular complexity index is 3040. The van der Waals surface area contributed by atoms with E-state index in [2.05, 4.69) is 61.3 Å². The van der Waals surface area contributed by atoms with E-state index >= 15 is 0 Å². The van der Waals surface area contributed by atoms with Gasteiger partial charge in [-0.2, -0.15) is 18.4 Å². The fourth-order valence-electron chi connectivity index (χ4n) is 6.22. The summed E-state index contributed by atoms with van der Waals surface area (Å²) in [6.07, 6.45) is 0. The van der Waals surface area contributed by atoms with Gasteiger partial charge in [-0.05, 0) is 103 Å². The van der Waals surface area contributed by atoms with Crippen LogP contribution in [0.15, 0.2) is 198 Å². The quantitative estimate of drug-likeness (QED) is 0.0757. The number of nitro groups is 2. The van der Waals surface area contributed by atoms with Gasteiger partial charge in [0, 0.05) is 48.3 Å². The molecule has 0 saturated heterocycles. The average molecular weight is 958 g/mol. The second-order valence-electron chi connectivity index (χ2n) is 14.0. The third-order valence-corrected chi connectivity index (χ3v) is 13.6. The molecule has 0 radical (unpaired) electrons. The number of para-hydroxylation sites is 2. The molecule has 0 unspecified atom stereocenters. The lowest BCUT2D eigenvalue weighted by atomic mass is 9.98. The minimum atomic E-state index is -3.69. The van der Waals surface area contributed by atoms with Crippen LogP contribution in [0.1, 0.15) is 29.2 Å². The molecule has 0 spiro atoms. The van der Waals surface area contributed by atoms with E-state index in [1.54, 1.807) is 79.0 Å². The van der Waals surface area contributed by atoms with Crippen LogP contribution in [-0.2, 0) is 10.0 Å². The summed E-state index contributed by atoms with van der Waals surface area (Å²) in [7, 11) is -3.69. The largest absolute Gasteiger partial charge is 0.354 e. The van der Waals surface area contributed by atoms with Gasteiger partial charge in [0.25, 0.3) is 21.4 Å². The summed E-state index contributed by atoms with van der Waals surface area (Å²) >= 11 is 6.55. The van der Waals surface area contributed by atoms with Crippen molar-refractivity contribution in [1.29, 1.82) is 0 Å². The van der Waals surface area contributed by atoms with Gasteiger partial charge >= 0.3 is 0 Å². The van der Waals surface area contributed by atoms with Gasteiger partial charge in [-0.25, -0.2) is 0 Å². The molecule has 0 fully saturated rings. The SMILES string of the molecule is C/C(=N\NS(=O)(=O)c1ccc(C)cc1)c1ccc2c(c1)Nc1ccccc1S2.C=C(c1cccc([N+](=O)[O-])c1)c1ccc2c(c1)Nc1ccccc1S2.O=[N+]([O-])c1cccc(Br)c1. The highest BCUT2D eigenvalue weighted by Crippen LogP contribution is 2.46. The maximum Gasteiger partial charge on any atom is 0.276 e. The maximum atomic E-state index is 12.4. The van der Waals surface area contributed by atoms with Crippen LogP contribution in [0.2, 0.25) is 0 Å². The number of halogens is 1. The molecule has 0 bridgehead atoms. The van der Waals surface area contributed by atoms with E-state index < -0.39 is 19.9 Å². The molecule has 7 aromatic rings. The number of benzene rings is 7. The summed E-state index contributed by atoms with van der Waals surface area (Å²) in [5.74, 6) is 0. The van der Waals surface area contributed by atoms with Gasteiger partial charge in [-0.1, -0.05) is 118 Å². The summed E-state index contributed by atoms with van der Waals surface area (Å²) < 4.78 is 25.6. The highest BCUT2D eigenvalue weighted by molar-refractivity contribution is 9.10. The fraction of sp³-hybridized carbons (Fsp3) is 0.0426. The number of non-ortho nitro benzene ring substituents is 2. The maximum absolute atomic E-state index is 12.4. The molecule has 316 valence electrons. The van der Waals surface area contributed by atoms with Gasteiger partial charge < -0.3 is 10.6 Å². The Morgan fingerprint density at radius 1 is 0.619 bits per heavy atom. The Morgan fingerprint density at radius 3 is 1.67 bits per heavy atom. The molecule has 2 heterocycles. The van der Waals surface area contributed by atoms with E-state index in [1.807, 2.05) is 79.7 Å². The van der Waals surface area contributed by atoms with Gasteiger partial charge in [0.1, 0.15) is 0 Å². The smallest absolute Gasteiger partial charge is 0.276 e. The Labute approximate surface area is 381 Å². The van der Waals surface area contributed by atoms with Crippen LogP contribution in [0.4, 0.5) is 34.1 Å². The minimum absolute atomic E-state index is 0.0687. The van der Waals surface area contributed by atoms with Gasteiger partial charge in [0.2, 0.25) is 0 Å². The van der Waals surface area contributed by atoms with Crippen molar-refractivity contribution in [2.24, 2.45) is 5.10 Å². The summed E-state index contributed by atoms with van der Waals surface area (Å²) in [5.41, 5.74) is 9.20. The third kappa shape index (κ3) is 11.0. The first-order valence-electron chi connectivity index (χ1n) is 19.1. The highest BCUT2D eigenvalue weighted by Gasteiger charge is 2.19. The van der Waals surface area contributed by atoms with E-state index in [4.69, 9.17) is 0 Å². The molecule has 2 aliphatic heterocycles. The number of rotatable bonds is 8. The van der Waals surface area contributed by atoms with Crippen LogP contribution in [0.5, 0.6) is 0 Å². The van der Waals surface area contributed by atoms with E-state index in [0.29, 0.717) is 5.71 Å². The lowest BCUT2D eigenvalue weighted by Gasteiger charge is -2.21. The molecule has 3 N–H and O–H groups in total. The van der Waals surface area contributed by atoms with Crippen molar-refractivity contribution in [1.82, 2.24) is 4.83 Å². The van der Waals surface area contributed by atoms with Gasteiger partial charge in [0.05, 0.1) is 43.2 Å². The Morgan fingerprint density at radius 2 is 1.11 bits per heavy atom. The second kappa shape index (κ2) is 19.5. The van der Waals surface area contributed by atoms with E-state index in [0.717, 1.165) is 64.8 Å². The molecule has 0 aliphatic carbocycles. The first-order valence-corrected chi connectivity index (χ1v) is 23.0. The number of anilines is 4. The predicted molar refractivity (Wildman–Crippen MR) is 256 cm³/mol. The molecule has 0 saturated carbocycles. The topological polar surface area (TPSA) is 169 Å². The highest BCUT2D eigenvalue weighted by atomic mass is 79.9. The van der Waals surface area contributed by atoms with Crippen molar-refractivity contribution in [2.75, 3.05) is 10.6 Å². The van der Waals surface area contributed by atoms with Crippen molar-refractivity contribution in [2.45, 2.75) is 38.3 Å². The van der Waals surface area contributed by atoms with Crippen molar-refractivity contribution in [3.63, 3.8) is 0 Å². The van der Waals surface area contributed by atoms with Crippen LogP contribution >= 0.6 is 39.5 Å². The Hall–Kier alpha value is -6.72. The summed E-state index contributed by atoms with van der Waals surface area (Å²) in [6, 6.07) is 47.8. The number of nitrogens with one attached hydrogen (secondary N) is 3. The molecule has 0 atom stereocenters. The third-order valence-electron chi connectivity index (χ3n) is 9.57. The van der Waals surface area contributed by atoms with Crippen LogP contribution in [-0.4, -0.2) is 24.0 Å². The number of hydrogen-bond acceptors (Lipinski definition) is 11. The molecule has 2 aliphatic rings. The first kappa shape index (κ1) is 44.3. The molecule has 12 nitrogen and oxygen atoms in total. The van der Waals surface area contributed by atoms with Crippen LogP contribution in [0.3, 0.4) is 0 Å². The van der Waals surface area contributed by atoms with E-state index in [9.17, 15) is 28.6 Å². The van der Waals surface area contributed by atoms with Gasteiger partial charge in [-0.15, -0.1) is 0 Å². The second-order valence-corrected chi connectivity index (χ2v) is 18.7. The standard InChI is InChI=1S/C21H19N3O2S2.C20H14N2O2S.C6H4BrNO2/c1-14-7-10-17(11-8-14)28(25,26)24-23-15(2)16-9-12-21-19(13-16)22-18-5-3-4-6-20(18)27-21;1-13(14-5-4-6-16(11-14)22(23)24)15-9-10-20-18(12-15)21-17-7-2-3-8-19(17)25-20;7-5-2-1-3-6(4-5)8(9)10/h3-13,22,24H,1-2H3;2-12,21H,1H2;1-4H/b23-15+;;. The van der Waals surface area contributed by atoms with Crippen LogP contribution in [0.25, 0.3) is 5.57 Å². The number of nitrogens with zero attached hydrogens (tertiary/aromatic N) is 3. The zero-order valence-electron chi connectivity index (χ0n) is 33.6. The lowest BCUT2D eigenvalue weighted by Crippen LogP contribution is -2.20. The summed E-state index contributed by atoms with van der Waals surface area (Å²) in [4.78, 5) is 27.5. The number of hydrogen-bond donors (Lipinski definition) is 3. The number of aryl methyl sites for hydroxylation is 1. The van der Waals surface area contributed by atoms with E-state index in [1.165, 1.54) is 28.0 Å². The zero-order chi connectivity index (χ0) is 44.7. The number of sulfonamides is 1. The molecule has 9 rings (SSSR count). The monoisotopic (exact) mass is 956 g/mol. The molecular weight excluding hydrogens is 921 g/mol. The number of nitro benzene ring substituents is 2. The van der Waals surface area contributed by atoms with Crippen molar-refractivity contribution in [3.8, 4) is 0 Å². The fourth-order valence-corrected chi connectivity index (χ4v) is 9.40. The van der Waals surface area contributed by atoms with Crippen molar-refractivity contribution in [3.05, 3.63) is 211 Å². The normalized spacial score (nSPS) is 12.1. The van der Waals surface area contributed by atoms with Gasteiger partial charge in [-0.3, -0.25) is 20.2 Å². The predicted octanol–water partition coefficient (Wildman–Crippen LogP) is 13.1. The molecule has 63 heavy (non-hydrogen) atoms. The molecule has 7 aromatic carbocycles. The average Bonchev–Trinajstić information content (AvgIpc) is 3.29. The molecule has 0 aromatic heterocycles. The van der Waals surface area contributed by atoms with Crippen LogP contribution in [0, 0.1) is 27.2 Å².